The Bertz CT molecular complexity index is 375. The van der Waals surface area contributed by atoms with Crippen molar-refractivity contribution >= 4 is 5.97 Å². The molecule has 0 amide bonds. The van der Waals surface area contributed by atoms with Crippen LogP contribution in [0.5, 0.6) is 0 Å². The molecule has 1 aromatic carbocycles. The van der Waals surface area contributed by atoms with Crippen LogP contribution in [0.4, 0.5) is 0 Å². The third-order valence-corrected chi connectivity index (χ3v) is 2.93. The van der Waals surface area contributed by atoms with Crippen molar-refractivity contribution in [2.24, 2.45) is 11.1 Å². The van der Waals surface area contributed by atoms with Gasteiger partial charge in [-0.15, -0.1) is 0 Å². The van der Waals surface area contributed by atoms with Crippen LogP contribution in [0.25, 0.3) is 0 Å². The molecule has 0 aliphatic carbocycles. The number of nitrogens with two attached hydrogens (primary N) is 1. The Kier molecular flexibility index (Phi) is 4.66. The van der Waals surface area contributed by atoms with Gasteiger partial charge in [0.2, 0.25) is 0 Å². The largest absolute Gasteiger partial charge is 0.469 e. The summed E-state index contributed by atoms with van der Waals surface area (Å²) >= 11 is 0. The van der Waals surface area contributed by atoms with E-state index < -0.39 is 5.41 Å². The van der Waals surface area contributed by atoms with Crippen LogP contribution >= 0.6 is 0 Å². The third-order valence-electron chi connectivity index (χ3n) is 2.93. The van der Waals surface area contributed by atoms with Gasteiger partial charge < -0.3 is 15.6 Å². The fraction of sp³-hybridized carbons (Fsp3) is 0.462. The quantitative estimate of drug-likeness (QED) is 0.745. The van der Waals surface area contributed by atoms with Gasteiger partial charge in [0.1, 0.15) is 0 Å². The predicted molar refractivity (Wildman–Crippen MR) is 65.2 cm³/mol. The Balaban J connectivity index is 2.83. The highest BCUT2D eigenvalue weighted by Crippen LogP contribution is 2.23. The van der Waals surface area contributed by atoms with Crippen molar-refractivity contribution in [3.05, 3.63) is 35.4 Å². The lowest BCUT2D eigenvalue weighted by Gasteiger charge is -2.24. The predicted octanol–water partition coefficient (Wildman–Crippen LogP) is 0.859. The van der Waals surface area contributed by atoms with Gasteiger partial charge in [-0.25, -0.2) is 0 Å². The lowest BCUT2D eigenvalue weighted by Crippen LogP contribution is -2.38. The minimum atomic E-state index is -0.699. The average Bonchev–Trinajstić information content (AvgIpc) is 2.38. The van der Waals surface area contributed by atoms with Crippen LogP contribution in [-0.2, 0) is 22.6 Å². The van der Waals surface area contributed by atoms with Gasteiger partial charge in [-0.05, 0) is 24.5 Å². The second-order valence-corrected chi connectivity index (χ2v) is 4.41. The molecule has 0 spiro atoms. The van der Waals surface area contributed by atoms with Crippen LogP contribution in [0, 0.1) is 5.41 Å². The van der Waals surface area contributed by atoms with E-state index in [0.29, 0.717) is 6.42 Å². The Hall–Kier alpha value is -1.39. The molecule has 3 N–H and O–H groups in total. The van der Waals surface area contributed by atoms with Crippen LogP contribution in [0.2, 0.25) is 0 Å². The number of rotatable bonds is 5. The maximum atomic E-state index is 11.7. The molecule has 0 aliphatic rings. The fourth-order valence-electron chi connectivity index (χ4n) is 1.69. The van der Waals surface area contributed by atoms with Gasteiger partial charge in [0.25, 0.3) is 0 Å². The molecule has 1 aromatic rings. The van der Waals surface area contributed by atoms with E-state index in [1.165, 1.54) is 7.11 Å². The van der Waals surface area contributed by atoms with Gasteiger partial charge >= 0.3 is 5.97 Å². The average molecular weight is 237 g/mol. The molecule has 1 atom stereocenters. The Morgan fingerprint density at radius 2 is 1.88 bits per heavy atom. The SMILES string of the molecule is COC(=O)C(C)(CN)Cc1ccc(CO)cc1. The van der Waals surface area contributed by atoms with Gasteiger partial charge in [-0.2, -0.15) is 0 Å². The molecular formula is C13H19NO3. The maximum absolute atomic E-state index is 11.7. The highest BCUT2D eigenvalue weighted by molar-refractivity contribution is 5.77. The zero-order valence-corrected chi connectivity index (χ0v) is 10.3. The summed E-state index contributed by atoms with van der Waals surface area (Å²) in [6.45, 7) is 2.05. The van der Waals surface area contributed by atoms with Crippen molar-refractivity contribution in [2.45, 2.75) is 20.0 Å². The molecule has 0 bridgehead atoms. The number of aliphatic hydroxyl groups is 1. The Morgan fingerprint density at radius 3 is 2.29 bits per heavy atom. The molecule has 94 valence electrons. The van der Waals surface area contributed by atoms with E-state index >= 15 is 0 Å². The van der Waals surface area contributed by atoms with Crippen LogP contribution in [0.15, 0.2) is 24.3 Å². The minimum Gasteiger partial charge on any atom is -0.469 e. The number of methoxy groups -OCH3 is 1. The smallest absolute Gasteiger partial charge is 0.313 e. The van der Waals surface area contributed by atoms with E-state index in [4.69, 9.17) is 15.6 Å². The maximum Gasteiger partial charge on any atom is 0.313 e. The summed E-state index contributed by atoms with van der Waals surface area (Å²) in [4.78, 5) is 11.7. The van der Waals surface area contributed by atoms with Crippen molar-refractivity contribution < 1.29 is 14.6 Å². The number of ether oxygens (including phenoxy) is 1. The van der Waals surface area contributed by atoms with Crippen LogP contribution in [-0.4, -0.2) is 24.7 Å². The van der Waals surface area contributed by atoms with E-state index in [-0.39, 0.29) is 19.1 Å². The first-order valence-electron chi connectivity index (χ1n) is 5.53. The first-order valence-corrected chi connectivity index (χ1v) is 5.53. The first-order chi connectivity index (χ1) is 8.05. The second kappa shape index (κ2) is 5.80. The molecule has 0 aromatic heterocycles. The topological polar surface area (TPSA) is 72.5 Å². The Labute approximate surface area is 101 Å². The summed E-state index contributed by atoms with van der Waals surface area (Å²) in [6, 6.07) is 7.46. The van der Waals surface area contributed by atoms with E-state index in [9.17, 15) is 4.79 Å². The van der Waals surface area contributed by atoms with E-state index in [0.717, 1.165) is 11.1 Å². The number of carbonyl (C=O) groups excluding carboxylic acids is 1. The third kappa shape index (κ3) is 3.28. The van der Waals surface area contributed by atoms with Crippen molar-refractivity contribution in [2.75, 3.05) is 13.7 Å². The second-order valence-electron chi connectivity index (χ2n) is 4.41. The van der Waals surface area contributed by atoms with Crippen LogP contribution in [0.3, 0.4) is 0 Å². The zero-order chi connectivity index (χ0) is 12.9. The number of esters is 1. The van der Waals surface area contributed by atoms with E-state index in [2.05, 4.69) is 0 Å². The Morgan fingerprint density at radius 1 is 1.35 bits per heavy atom. The standard InChI is InChI=1S/C13H19NO3/c1-13(9-14,12(16)17-2)7-10-3-5-11(8-15)6-4-10/h3-6,15H,7-9,14H2,1-2H3. The monoisotopic (exact) mass is 237 g/mol. The molecule has 0 heterocycles. The highest BCUT2D eigenvalue weighted by Gasteiger charge is 2.32. The summed E-state index contributed by atoms with van der Waals surface area (Å²) in [7, 11) is 1.37. The number of hydrogen-bond acceptors (Lipinski definition) is 4. The summed E-state index contributed by atoms with van der Waals surface area (Å²) < 4.78 is 4.76. The first kappa shape index (κ1) is 13.7. The molecule has 0 radical (unpaired) electrons. The van der Waals surface area contributed by atoms with Gasteiger partial charge in [-0.3, -0.25) is 4.79 Å². The number of hydrogen-bond donors (Lipinski definition) is 2. The van der Waals surface area contributed by atoms with E-state index in [1.807, 2.05) is 24.3 Å². The minimum absolute atomic E-state index is 0.0193. The lowest BCUT2D eigenvalue weighted by atomic mass is 9.83. The molecule has 4 heteroatoms. The molecule has 1 unspecified atom stereocenters. The van der Waals surface area contributed by atoms with Gasteiger partial charge in [-0.1, -0.05) is 24.3 Å². The molecule has 0 fully saturated rings. The number of aliphatic hydroxyl groups excluding tert-OH is 1. The molecule has 0 aliphatic heterocycles. The van der Waals surface area contributed by atoms with Crippen molar-refractivity contribution in [3.63, 3.8) is 0 Å². The van der Waals surface area contributed by atoms with E-state index in [1.54, 1.807) is 6.92 Å². The van der Waals surface area contributed by atoms with Crippen LogP contribution < -0.4 is 5.73 Å². The highest BCUT2D eigenvalue weighted by atomic mass is 16.5. The summed E-state index contributed by atoms with van der Waals surface area (Å²) in [5.41, 5.74) is 6.80. The molecular weight excluding hydrogens is 218 g/mol. The van der Waals surface area contributed by atoms with Crippen molar-refractivity contribution in [1.29, 1.82) is 0 Å². The summed E-state index contributed by atoms with van der Waals surface area (Å²) in [5, 5.41) is 8.94. The zero-order valence-electron chi connectivity index (χ0n) is 10.3. The molecule has 1 rings (SSSR count). The molecule has 0 saturated heterocycles. The van der Waals surface area contributed by atoms with Gasteiger partial charge in [0.05, 0.1) is 19.1 Å². The fourth-order valence-corrected chi connectivity index (χ4v) is 1.69. The van der Waals surface area contributed by atoms with Crippen LogP contribution in [0.1, 0.15) is 18.1 Å². The lowest BCUT2D eigenvalue weighted by molar-refractivity contribution is -0.151. The molecule has 0 saturated carbocycles. The summed E-state index contributed by atoms with van der Waals surface area (Å²) in [5.74, 6) is -0.300. The van der Waals surface area contributed by atoms with Crippen molar-refractivity contribution in [1.82, 2.24) is 0 Å². The number of carbonyl (C=O) groups is 1. The molecule has 17 heavy (non-hydrogen) atoms. The summed E-state index contributed by atoms with van der Waals surface area (Å²) in [6.07, 6.45) is 0.530. The normalized spacial score (nSPS) is 14.1. The van der Waals surface area contributed by atoms with Gasteiger partial charge in [0, 0.05) is 6.54 Å². The van der Waals surface area contributed by atoms with Gasteiger partial charge in [0.15, 0.2) is 0 Å². The molecule has 4 nitrogen and oxygen atoms in total. The van der Waals surface area contributed by atoms with Crippen molar-refractivity contribution in [3.8, 4) is 0 Å². The number of benzene rings is 1.